The van der Waals surface area contributed by atoms with Crippen molar-refractivity contribution in [3.63, 3.8) is 0 Å². The molecular formula is C17H14N4O2. The van der Waals surface area contributed by atoms with Gasteiger partial charge in [-0.3, -0.25) is 9.55 Å². The highest BCUT2D eigenvalue weighted by molar-refractivity contribution is 6.06. The van der Waals surface area contributed by atoms with Crippen LogP contribution in [0.4, 0.5) is 5.82 Å². The number of rotatable bonds is 2. The number of hydrogen-bond acceptors (Lipinski definition) is 5. The summed E-state index contributed by atoms with van der Waals surface area (Å²) < 4.78 is 7.45. The van der Waals surface area contributed by atoms with Crippen molar-refractivity contribution in [3.8, 4) is 5.69 Å². The van der Waals surface area contributed by atoms with Crippen LogP contribution in [0.1, 0.15) is 5.56 Å². The number of nitrogens with one attached hydrogen (secondary N) is 1. The van der Waals surface area contributed by atoms with Crippen LogP contribution in [0.2, 0.25) is 0 Å². The quantitative estimate of drug-likeness (QED) is 0.616. The van der Waals surface area contributed by atoms with Gasteiger partial charge in [-0.25, -0.2) is 4.79 Å². The SMILES string of the molecule is CNc1nc(=O)n(-c2cccc(C)c2)c2c1oc1cnccc12. The summed E-state index contributed by atoms with van der Waals surface area (Å²) in [5, 5.41) is 3.75. The lowest BCUT2D eigenvalue weighted by molar-refractivity contribution is 0.663. The molecule has 1 N–H and O–H groups in total. The second kappa shape index (κ2) is 4.95. The largest absolute Gasteiger partial charge is 0.449 e. The van der Waals surface area contributed by atoms with Crippen molar-refractivity contribution in [2.75, 3.05) is 12.4 Å². The molecule has 4 aromatic rings. The van der Waals surface area contributed by atoms with Gasteiger partial charge in [0.05, 0.1) is 11.9 Å². The van der Waals surface area contributed by atoms with Crippen molar-refractivity contribution in [2.45, 2.75) is 6.92 Å². The summed E-state index contributed by atoms with van der Waals surface area (Å²) in [7, 11) is 1.71. The molecule has 23 heavy (non-hydrogen) atoms. The highest BCUT2D eigenvalue weighted by atomic mass is 16.3. The van der Waals surface area contributed by atoms with E-state index in [0.29, 0.717) is 22.5 Å². The maximum absolute atomic E-state index is 12.6. The zero-order valence-corrected chi connectivity index (χ0v) is 12.7. The molecule has 0 saturated carbocycles. The average molecular weight is 306 g/mol. The molecule has 0 unspecified atom stereocenters. The number of anilines is 1. The van der Waals surface area contributed by atoms with Gasteiger partial charge >= 0.3 is 5.69 Å². The van der Waals surface area contributed by atoms with E-state index in [4.69, 9.17) is 4.42 Å². The summed E-state index contributed by atoms with van der Waals surface area (Å²) in [6.07, 6.45) is 3.32. The zero-order valence-electron chi connectivity index (χ0n) is 12.7. The Morgan fingerprint density at radius 3 is 2.91 bits per heavy atom. The van der Waals surface area contributed by atoms with Crippen molar-refractivity contribution in [2.24, 2.45) is 0 Å². The summed E-state index contributed by atoms with van der Waals surface area (Å²) in [6, 6.07) is 9.57. The molecule has 3 aromatic heterocycles. The van der Waals surface area contributed by atoms with Crippen molar-refractivity contribution in [1.82, 2.24) is 14.5 Å². The van der Waals surface area contributed by atoms with Crippen LogP contribution in [0.3, 0.4) is 0 Å². The highest BCUT2D eigenvalue weighted by Gasteiger charge is 2.18. The lowest BCUT2D eigenvalue weighted by Gasteiger charge is -2.09. The highest BCUT2D eigenvalue weighted by Crippen LogP contribution is 2.31. The Hall–Kier alpha value is -3.15. The Morgan fingerprint density at radius 1 is 1.26 bits per heavy atom. The first-order valence-corrected chi connectivity index (χ1v) is 7.23. The van der Waals surface area contributed by atoms with E-state index in [1.807, 2.05) is 37.3 Å². The maximum atomic E-state index is 12.6. The average Bonchev–Trinajstić information content (AvgIpc) is 2.93. The summed E-state index contributed by atoms with van der Waals surface area (Å²) in [5.41, 5.74) is 3.32. The van der Waals surface area contributed by atoms with E-state index in [1.54, 1.807) is 24.0 Å². The molecule has 1 aromatic carbocycles. The lowest BCUT2D eigenvalue weighted by Crippen LogP contribution is -2.22. The van der Waals surface area contributed by atoms with Gasteiger partial charge in [-0.05, 0) is 30.7 Å². The summed E-state index contributed by atoms with van der Waals surface area (Å²) in [5.74, 6) is 0.421. The van der Waals surface area contributed by atoms with Gasteiger partial charge in [0.25, 0.3) is 0 Å². The smallest absolute Gasteiger partial charge is 0.354 e. The number of nitrogens with zero attached hydrogens (tertiary/aromatic N) is 3. The topological polar surface area (TPSA) is 73.0 Å². The van der Waals surface area contributed by atoms with Crippen molar-refractivity contribution >= 4 is 27.9 Å². The molecule has 0 saturated heterocycles. The summed E-state index contributed by atoms with van der Waals surface area (Å²) >= 11 is 0. The minimum absolute atomic E-state index is 0.355. The van der Waals surface area contributed by atoms with Gasteiger partial charge in [-0.1, -0.05) is 12.1 Å². The third kappa shape index (κ3) is 1.99. The Balaban J connectivity index is 2.23. The number of aryl methyl sites for hydroxylation is 1. The van der Waals surface area contributed by atoms with E-state index >= 15 is 0 Å². The summed E-state index contributed by atoms with van der Waals surface area (Å²) in [4.78, 5) is 20.8. The molecule has 0 aliphatic rings. The van der Waals surface area contributed by atoms with E-state index in [0.717, 1.165) is 16.6 Å². The normalized spacial score (nSPS) is 11.2. The minimum atomic E-state index is -0.355. The Bertz CT molecular complexity index is 1090. The molecule has 0 aliphatic carbocycles. The van der Waals surface area contributed by atoms with E-state index in [-0.39, 0.29) is 5.69 Å². The first-order chi connectivity index (χ1) is 11.2. The van der Waals surface area contributed by atoms with Crippen molar-refractivity contribution in [1.29, 1.82) is 0 Å². The van der Waals surface area contributed by atoms with E-state index < -0.39 is 0 Å². The first kappa shape index (κ1) is 13.5. The molecule has 0 fully saturated rings. The minimum Gasteiger partial charge on any atom is -0.449 e. The third-order valence-corrected chi connectivity index (χ3v) is 3.80. The molecule has 6 heteroatoms. The van der Waals surface area contributed by atoms with Gasteiger partial charge in [-0.2, -0.15) is 4.98 Å². The van der Waals surface area contributed by atoms with Crippen molar-refractivity contribution < 1.29 is 4.42 Å². The molecule has 0 atom stereocenters. The molecule has 0 amide bonds. The lowest BCUT2D eigenvalue weighted by atomic mass is 10.2. The number of benzene rings is 1. The van der Waals surface area contributed by atoms with E-state index in [1.165, 1.54) is 0 Å². The first-order valence-electron chi connectivity index (χ1n) is 7.23. The predicted octanol–water partition coefficient (Wildman–Crippen LogP) is 2.88. The van der Waals surface area contributed by atoms with Crippen LogP contribution in [-0.4, -0.2) is 21.6 Å². The van der Waals surface area contributed by atoms with E-state index in [2.05, 4.69) is 15.3 Å². The number of pyridine rings is 1. The van der Waals surface area contributed by atoms with Crippen LogP contribution in [0, 0.1) is 6.92 Å². The van der Waals surface area contributed by atoms with Crippen LogP contribution < -0.4 is 11.0 Å². The molecule has 0 bridgehead atoms. The molecule has 0 spiro atoms. The Labute approximate surface area is 131 Å². The Kier molecular flexibility index (Phi) is 2.90. The zero-order chi connectivity index (χ0) is 16.0. The van der Waals surface area contributed by atoms with Gasteiger partial charge in [0.1, 0.15) is 5.52 Å². The van der Waals surface area contributed by atoms with Gasteiger partial charge < -0.3 is 9.73 Å². The fourth-order valence-electron chi connectivity index (χ4n) is 2.79. The number of furan rings is 1. The third-order valence-electron chi connectivity index (χ3n) is 3.80. The fourth-order valence-corrected chi connectivity index (χ4v) is 2.79. The van der Waals surface area contributed by atoms with Gasteiger partial charge in [0, 0.05) is 18.6 Å². The van der Waals surface area contributed by atoms with Crippen LogP contribution >= 0.6 is 0 Å². The monoisotopic (exact) mass is 306 g/mol. The second-order valence-electron chi connectivity index (χ2n) is 5.32. The van der Waals surface area contributed by atoms with Crippen LogP contribution in [0.15, 0.2) is 51.9 Å². The maximum Gasteiger partial charge on any atom is 0.354 e. The molecule has 0 aliphatic heterocycles. The van der Waals surface area contributed by atoms with Crippen LogP contribution in [0.25, 0.3) is 27.8 Å². The standard InChI is InChI=1S/C17H14N4O2/c1-10-4-3-5-11(8-10)21-14-12-6-7-19-9-13(12)23-15(14)16(18-2)20-17(21)22/h3-9H,1-2H3,(H,18,20,22). The number of aromatic nitrogens is 3. The molecular weight excluding hydrogens is 292 g/mol. The molecule has 4 rings (SSSR count). The molecule has 114 valence electrons. The number of fused-ring (bicyclic) bond motifs is 3. The fraction of sp³-hybridized carbons (Fsp3) is 0.118. The molecule has 3 heterocycles. The van der Waals surface area contributed by atoms with Crippen LogP contribution in [-0.2, 0) is 0 Å². The van der Waals surface area contributed by atoms with Crippen molar-refractivity contribution in [3.05, 3.63) is 58.8 Å². The predicted molar refractivity (Wildman–Crippen MR) is 89.2 cm³/mol. The summed E-state index contributed by atoms with van der Waals surface area (Å²) in [6.45, 7) is 1.98. The molecule has 0 radical (unpaired) electrons. The Morgan fingerprint density at radius 2 is 2.13 bits per heavy atom. The molecule has 6 nitrogen and oxygen atoms in total. The van der Waals surface area contributed by atoms with Gasteiger partial charge in [0.2, 0.25) is 0 Å². The number of hydrogen-bond donors (Lipinski definition) is 1. The van der Waals surface area contributed by atoms with E-state index in [9.17, 15) is 4.79 Å². The van der Waals surface area contributed by atoms with Crippen LogP contribution in [0.5, 0.6) is 0 Å². The second-order valence-corrected chi connectivity index (χ2v) is 5.32. The van der Waals surface area contributed by atoms with Gasteiger partial charge in [0.15, 0.2) is 17.0 Å². The van der Waals surface area contributed by atoms with Gasteiger partial charge in [-0.15, -0.1) is 0 Å².